The number of thiazole rings is 1. The molecule has 0 radical (unpaired) electrons. The third-order valence-corrected chi connectivity index (χ3v) is 7.72. The molecule has 0 N–H and O–H groups in total. The van der Waals surface area contributed by atoms with Crippen molar-refractivity contribution in [2.75, 3.05) is 31.6 Å². The number of likely N-dealkylation sites (tertiary alicyclic amines) is 2. The van der Waals surface area contributed by atoms with Crippen LogP contribution < -0.4 is 0 Å². The summed E-state index contributed by atoms with van der Waals surface area (Å²) < 4.78 is 23.1. The molecule has 3 heterocycles. The molecule has 1 aromatic rings. The molecule has 0 bridgehead atoms. The molecule has 2 fully saturated rings. The highest BCUT2D eigenvalue weighted by molar-refractivity contribution is 7.90. The second kappa shape index (κ2) is 7.56. The van der Waals surface area contributed by atoms with Crippen molar-refractivity contribution in [1.29, 1.82) is 0 Å². The van der Waals surface area contributed by atoms with Crippen LogP contribution in [0.3, 0.4) is 0 Å². The van der Waals surface area contributed by atoms with Crippen LogP contribution in [0, 0.1) is 13.8 Å². The van der Waals surface area contributed by atoms with Crippen LogP contribution in [0.4, 0.5) is 0 Å². The monoisotopic (exact) mass is 399 g/mol. The standard InChI is InChI=1S/C18H29N3O3S2/c1-14-16(25-15(2)19-14)13-20-9-4-6-18(8-10-20)7-5-17(22)21(18)11-12-26(3,23)24/h4-13H2,1-3H3/t18-/m1/s1. The fourth-order valence-corrected chi connectivity index (χ4v) is 5.82. The first-order chi connectivity index (χ1) is 12.2. The predicted octanol–water partition coefficient (Wildman–Crippen LogP) is 2.15. The number of hydrogen-bond acceptors (Lipinski definition) is 6. The lowest BCUT2D eigenvalue weighted by Gasteiger charge is -2.38. The van der Waals surface area contributed by atoms with Crippen LogP contribution in [-0.2, 0) is 21.2 Å². The summed E-state index contributed by atoms with van der Waals surface area (Å²) in [5.41, 5.74) is 0.979. The maximum atomic E-state index is 12.4. The maximum absolute atomic E-state index is 12.4. The Labute approximate surface area is 160 Å². The number of hydrogen-bond donors (Lipinski definition) is 0. The van der Waals surface area contributed by atoms with Crippen molar-refractivity contribution in [2.45, 2.75) is 58.0 Å². The second-order valence-electron chi connectivity index (χ2n) is 7.77. The summed E-state index contributed by atoms with van der Waals surface area (Å²) in [6.07, 6.45) is 5.60. The Kier molecular flexibility index (Phi) is 5.75. The Morgan fingerprint density at radius 3 is 2.62 bits per heavy atom. The van der Waals surface area contributed by atoms with Gasteiger partial charge in [-0.2, -0.15) is 0 Å². The lowest BCUT2D eigenvalue weighted by atomic mass is 9.88. The van der Waals surface area contributed by atoms with E-state index in [0.29, 0.717) is 13.0 Å². The number of rotatable bonds is 5. The Morgan fingerprint density at radius 1 is 1.19 bits per heavy atom. The van der Waals surface area contributed by atoms with Gasteiger partial charge in [0, 0.05) is 42.7 Å². The Bertz CT molecular complexity index is 775. The van der Waals surface area contributed by atoms with Gasteiger partial charge in [-0.1, -0.05) is 0 Å². The number of amides is 1. The molecule has 0 aromatic carbocycles. The van der Waals surface area contributed by atoms with Crippen molar-refractivity contribution >= 4 is 27.1 Å². The van der Waals surface area contributed by atoms with Crippen LogP contribution in [-0.4, -0.2) is 66.3 Å². The van der Waals surface area contributed by atoms with Crippen LogP contribution in [0.2, 0.25) is 0 Å². The summed E-state index contributed by atoms with van der Waals surface area (Å²) in [4.78, 5) is 22.6. The van der Waals surface area contributed by atoms with Gasteiger partial charge in [0.05, 0.1) is 16.5 Å². The zero-order valence-electron chi connectivity index (χ0n) is 16.0. The third-order valence-electron chi connectivity index (χ3n) is 5.74. The highest BCUT2D eigenvalue weighted by Gasteiger charge is 2.45. The van der Waals surface area contributed by atoms with Gasteiger partial charge in [-0.3, -0.25) is 9.69 Å². The van der Waals surface area contributed by atoms with Crippen molar-refractivity contribution in [2.24, 2.45) is 0 Å². The quantitative estimate of drug-likeness (QED) is 0.759. The smallest absolute Gasteiger partial charge is 0.223 e. The van der Waals surface area contributed by atoms with E-state index in [1.165, 1.54) is 11.1 Å². The Morgan fingerprint density at radius 2 is 1.96 bits per heavy atom. The van der Waals surface area contributed by atoms with E-state index in [1.807, 2.05) is 11.8 Å². The second-order valence-corrected chi connectivity index (χ2v) is 11.3. The molecule has 2 aliphatic heterocycles. The molecule has 3 rings (SSSR count). The van der Waals surface area contributed by atoms with Crippen LogP contribution >= 0.6 is 11.3 Å². The van der Waals surface area contributed by atoms with Gasteiger partial charge in [-0.15, -0.1) is 11.3 Å². The van der Waals surface area contributed by atoms with Gasteiger partial charge >= 0.3 is 0 Å². The Hall–Kier alpha value is -0.990. The summed E-state index contributed by atoms with van der Waals surface area (Å²) in [5.74, 6) is 0.180. The van der Waals surface area contributed by atoms with E-state index in [4.69, 9.17) is 0 Å². The number of nitrogens with zero attached hydrogens (tertiary/aromatic N) is 3. The minimum Gasteiger partial charge on any atom is -0.336 e. The first-order valence-electron chi connectivity index (χ1n) is 9.32. The lowest BCUT2D eigenvalue weighted by molar-refractivity contribution is -0.131. The number of aryl methyl sites for hydroxylation is 2. The van der Waals surface area contributed by atoms with Gasteiger partial charge in [0.25, 0.3) is 0 Å². The van der Waals surface area contributed by atoms with Gasteiger partial charge in [-0.05, 0) is 46.1 Å². The Balaban J connectivity index is 1.67. The van der Waals surface area contributed by atoms with Gasteiger partial charge in [0.1, 0.15) is 9.84 Å². The topological polar surface area (TPSA) is 70.6 Å². The SMILES string of the molecule is Cc1nc(C)c(CN2CCC[C@@]3(CCC(=O)N3CCS(C)(=O)=O)CC2)s1. The average molecular weight is 400 g/mol. The van der Waals surface area contributed by atoms with Crippen LogP contribution in [0.5, 0.6) is 0 Å². The summed E-state index contributed by atoms with van der Waals surface area (Å²) in [6, 6.07) is 0. The maximum Gasteiger partial charge on any atom is 0.223 e. The molecule has 0 aliphatic carbocycles. The van der Waals surface area contributed by atoms with E-state index in [9.17, 15) is 13.2 Å². The van der Waals surface area contributed by atoms with E-state index >= 15 is 0 Å². The fourth-order valence-electron chi connectivity index (χ4n) is 4.33. The predicted molar refractivity (Wildman–Crippen MR) is 104 cm³/mol. The highest BCUT2D eigenvalue weighted by atomic mass is 32.2. The zero-order valence-corrected chi connectivity index (χ0v) is 17.6. The fraction of sp³-hybridized carbons (Fsp3) is 0.778. The van der Waals surface area contributed by atoms with Gasteiger partial charge in [-0.25, -0.2) is 13.4 Å². The lowest BCUT2D eigenvalue weighted by Crippen LogP contribution is -2.48. The molecule has 146 valence electrons. The number of aromatic nitrogens is 1. The average Bonchev–Trinajstić information content (AvgIpc) is 2.92. The van der Waals surface area contributed by atoms with Crippen molar-refractivity contribution < 1.29 is 13.2 Å². The summed E-state index contributed by atoms with van der Waals surface area (Å²) in [6.45, 7) is 7.34. The summed E-state index contributed by atoms with van der Waals surface area (Å²) >= 11 is 1.77. The van der Waals surface area contributed by atoms with E-state index in [0.717, 1.165) is 56.0 Å². The minimum atomic E-state index is -3.06. The molecular formula is C18H29N3O3S2. The third kappa shape index (κ3) is 4.46. The van der Waals surface area contributed by atoms with Crippen molar-refractivity contribution in [3.63, 3.8) is 0 Å². The van der Waals surface area contributed by atoms with Crippen molar-refractivity contribution in [1.82, 2.24) is 14.8 Å². The number of sulfone groups is 1. The molecule has 1 aromatic heterocycles. The molecule has 2 aliphatic rings. The molecule has 26 heavy (non-hydrogen) atoms. The normalized spacial score (nSPS) is 25.2. The molecule has 1 amide bonds. The van der Waals surface area contributed by atoms with Crippen molar-refractivity contribution in [3.8, 4) is 0 Å². The highest BCUT2D eigenvalue weighted by Crippen LogP contribution is 2.39. The molecule has 8 heteroatoms. The molecule has 0 saturated carbocycles. The minimum absolute atomic E-state index is 0.0591. The van der Waals surface area contributed by atoms with Crippen LogP contribution in [0.15, 0.2) is 0 Å². The number of carbonyl (C=O) groups excluding carboxylic acids is 1. The zero-order chi connectivity index (χ0) is 18.9. The van der Waals surface area contributed by atoms with E-state index in [2.05, 4.69) is 16.8 Å². The van der Waals surface area contributed by atoms with E-state index < -0.39 is 9.84 Å². The van der Waals surface area contributed by atoms with Gasteiger partial charge < -0.3 is 4.90 Å². The number of carbonyl (C=O) groups is 1. The molecular weight excluding hydrogens is 370 g/mol. The largest absolute Gasteiger partial charge is 0.336 e. The van der Waals surface area contributed by atoms with E-state index in [1.54, 1.807) is 11.3 Å². The molecule has 1 atom stereocenters. The summed E-state index contributed by atoms with van der Waals surface area (Å²) in [5, 5.41) is 1.11. The van der Waals surface area contributed by atoms with Crippen LogP contribution in [0.1, 0.15) is 47.7 Å². The van der Waals surface area contributed by atoms with Crippen LogP contribution in [0.25, 0.3) is 0 Å². The first-order valence-corrected chi connectivity index (χ1v) is 12.2. The molecule has 1 spiro atoms. The molecule has 6 nitrogen and oxygen atoms in total. The molecule has 0 unspecified atom stereocenters. The first kappa shape index (κ1) is 19.8. The molecule has 2 saturated heterocycles. The van der Waals surface area contributed by atoms with E-state index in [-0.39, 0.29) is 17.2 Å². The van der Waals surface area contributed by atoms with Crippen molar-refractivity contribution in [3.05, 3.63) is 15.6 Å². The van der Waals surface area contributed by atoms with Gasteiger partial charge in [0.15, 0.2) is 0 Å². The summed E-state index contributed by atoms with van der Waals surface area (Å²) in [7, 11) is -3.06. The van der Waals surface area contributed by atoms with Gasteiger partial charge in [0.2, 0.25) is 5.91 Å².